The van der Waals surface area contributed by atoms with E-state index < -0.39 is 0 Å². The Morgan fingerprint density at radius 2 is 1.81 bits per heavy atom. The topological polar surface area (TPSA) is 82.2 Å². The van der Waals surface area contributed by atoms with Crippen LogP contribution in [0.5, 0.6) is 5.75 Å². The molecule has 1 amide bonds. The van der Waals surface area contributed by atoms with Crippen LogP contribution in [-0.2, 0) is 20.2 Å². The van der Waals surface area contributed by atoms with Crippen molar-refractivity contribution in [3.63, 3.8) is 0 Å². The molecule has 2 heterocycles. The first-order chi connectivity index (χ1) is 12.9. The fourth-order valence-corrected chi connectivity index (χ4v) is 2.91. The first-order valence-corrected chi connectivity index (χ1v) is 8.78. The van der Waals surface area contributed by atoms with Crippen molar-refractivity contribution in [1.29, 1.82) is 0 Å². The van der Waals surface area contributed by atoms with E-state index in [4.69, 9.17) is 9.26 Å². The molecule has 3 aromatic rings. The van der Waals surface area contributed by atoms with Gasteiger partial charge in [0.2, 0.25) is 0 Å². The van der Waals surface area contributed by atoms with Crippen molar-refractivity contribution >= 4 is 5.91 Å². The smallest absolute Gasteiger partial charge is 0.251 e. The van der Waals surface area contributed by atoms with Crippen LogP contribution >= 0.6 is 0 Å². The summed E-state index contributed by atoms with van der Waals surface area (Å²) < 4.78 is 12.7. The molecule has 0 aliphatic heterocycles. The summed E-state index contributed by atoms with van der Waals surface area (Å²) in [5.74, 6) is 1.31. The molecule has 142 valence electrons. The van der Waals surface area contributed by atoms with Gasteiger partial charge in [-0.25, -0.2) is 0 Å². The molecule has 0 saturated heterocycles. The van der Waals surface area contributed by atoms with E-state index in [1.807, 2.05) is 39.4 Å². The van der Waals surface area contributed by atoms with Crippen LogP contribution in [0.25, 0.3) is 0 Å². The first kappa shape index (κ1) is 18.7. The summed E-state index contributed by atoms with van der Waals surface area (Å²) in [7, 11) is 1.90. The third kappa shape index (κ3) is 4.02. The molecule has 0 saturated carbocycles. The van der Waals surface area contributed by atoms with E-state index in [9.17, 15) is 4.79 Å². The highest BCUT2D eigenvalue weighted by Gasteiger charge is 2.12. The van der Waals surface area contributed by atoms with Gasteiger partial charge in [0, 0.05) is 30.4 Å². The zero-order chi connectivity index (χ0) is 19.6. The number of nitrogens with one attached hydrogen (secondary N) is 1. The van der Waals surface area contributed by atoms with Crippen molar-refractivity contribution in [2.24, 2.45) is 7.05 Å². The molecular weight excluding hydrogens is 344 g/mol. The maximum Gasteiger partial charge on any atom is 0.251 e. The highest BCUT2D eigenvalue weighted by molar-refractivity contribution is 5.94. The molecule has 3 rings (SSSR count). The average Bonchev–Trinajstić information content (AvgIpc) is 3.10. The number of benzene rings is 1. The highest BCUT2D eigenvalue weighted by Crippen LogP contribution is 2.18. The van der Waals surface area contributed by atoms with E-state index in [0.717, 1.165) is 34.0 Å². The maximum atomic E-state index is 12.4. The number of hydrogen-bond acceptors (Lipinski definition) is 5. The van der Waals surface area contributed by atoms with Gasteiger partial charge in [-0.1, -0.05) is 5.16 Å². The van der Waals surface area contributed by atoms with Crippen molar-refractivity contribution in [2.75, 3.05) is 0 Å². The number of carbonyl (C=O) groups is 1. The third-order valence-corrected chi connectivity index (χ3v) is 4.77. The molecule has 2 aromatic heterocycles. The fraction of sp³-hybridized carbons (Fsp3) is 0.350. The van der Waals surface area contributed by atoms with Gasteiger partial charge < -0.3 is 14.6 Å². The van der Waals surface area contributed by atoms with Crippen LogP contribution in [0.2, 0.25) is 0 Å². The minimum absolute atomic E-state index is 0.130. The highest BCUT2D eigenvalue weighted by atomic mass is 16.5. The Balaban J connectivity index is 1.58. The van der Waals surface area contributed by atoms with Crippen molar-refractivity contribution < 1.29 is 14.1 Å². The van der Waals surface area contributed by atoms with Crippen LogP contribution in [0.4, 0.5) is 0 Å². The van der Waals surface area contributed by atoms with Gasteiger partial charge in [0.1, 0.15) is 18.1 Å². The largest absolute Gasteiger partial charge is 0.489 e. The third-order valence-electron chi connectivity index (χ3n) is 4.77. The number of aryl methyl sites for hydroxylation is 4. The minimum atomic E-state index is -0.130. The van der Waals surface area contributed by atoms with Crippen LogP contribution in [0.3, 0.4) is 0 Å². The number of carbonyl (C=O) groups excluding carboxylic acids is 1. The van der Waals surface area contributed by atoms with Crippen molar-refractivity contribution in [3.8, 4) is 5.75 Å². The Hall–Kier alpha value is -3.09. The first-order valence-electron chi connectivity index (χ1n) is 8.78. The number of hydrogen-bond donors (Lipinski definition) is 1. The van der Waals surface area contributed by atoms with Gasteiger partial charge in [-0.05, 0) is 52.0 Å². The fourth-order valence-electron chi connectivity index (χ4n) is 2.91. The Morgan fingerprint density at radius 3 is 2.37 bits per heavy atom. The predicted octanol–water partition coefficient (Wildman–Crippen LogP) is 3.15. The SMILES string of the molecule is Cc1noc(C)c1COc1ccc(C(=O)NCc2c(C)nn(C)c2C)cc1. The maximum absolute atomic E-state index is 12.4. The molecule has 0 unspecified atom stereocenters. The van der Waals surface area contributed by atoms with Crippen LogP contribution in [0.1, 0.15) is 44.3 Å². The molecule has 0 atom stereocenters. The number of amides is 1. The minimum Gasteiger partial charge on any atom is -0.489 e. The predicted molar refractivity (Wildman–Crippen MR) is 101 cm³/mol. The lowest BCUT2D eigenvalue weighted by molar-refractivity contribution is 0.0951. The monoisotopic (exact) mass is 368 g/mol. The van der Waals surface area contributed by atoms with Gasteiger partial charge in [0.15, 0.2) is 0 Å². The number of aromatic nitrogens is 3. The molecule has 27 heavy (non-hydrogen) atoms. The number of ether oxygens (including phenoxy) is 1. The van der Waals surface area contributed by atoms with E-state index in [1.165, 1.54) is 0 Å². The molecule has 0 bridgehead atoms. The number of nitrogens with zero attached hydrogens (tertiary/aromatic N) is 3. The second-order valence-corrected chi connectivity index (χ2v) is 6.57. The van der Waals surface area contributed by atoms with E-state index in [1.54, 1.807) is 24.3 Å². The summed E-state index contributed by atoms with van der Waals surface area (Å²) in [5.41, 5.74) is 5.38. The summed E-state index contributed by atoms with van der Waals surface area (Å²) in [4.78, 5) is 12.4. The second kappa shape index (κ2) is 7.65. The summed E-state index contributed by atoms with van der Waals surface area (Å²) in [6.45, 7) is 8.51. The van der Waals surface area contributed by atoms with Gasteiger partial charge in [-0.15, -0.1) is 0 Å². The average molecular weight is 368 g/mol. The Labute approximate surface area is 158 Å². The Morgan fingerprint density at radius 1 is 1.11 bits per heavy atom. The Bertz CT molecular complexity index is 935. The summed E-state index contributed by atoms with van der Waals surface area (Å²) >= 11 is 0. The zero-order valence-corrected chi connectivity index (χ0v) is 16.3. The molecule has 0 aliphatic carbocycles. The van der Waals surface area contributed by atoms with E-state index >= 15 is 0 Å². The molecule has 0 aliphatic rings. The van der Waals surface area contributed by atoms with Gasteiger partial charge in [-0.3, -0.25) is 9.48 Å². The van der Waals surface area contributed by atoms with Gasteiger partial charge in [0.25, 0.3) is 5.91 Å². The van der Waals surface area contributed by atoms with Crippen molar-refractivity contribution in [3.05, 3.63) is 63.8 Å². The lowest BCUT2D eigenvalue weighted by Gasteiger charge is -2.08. The summed E-state index contributed by atoms with van der Waals surface area (Å²) in [5, 5.41) is 11.2. The van der Waals surface area contributed by atoms with E-state index in [2.05, 4.69) is 15.6 Å². The molecule has 7 nitrogen and oxygen atoms in total. The summed E-state index contributed by atoms with van der Waals surface area (Å²) in [6.07, 6.45) is 0. The molecule has 0 fully saturated rings. The van der Waals surface area contributed by atoms with Crippen LogP contribution < -0.4 is 10.1 Å². The lowest BCUT2D eigenvalue weighted by Crippen LogP contribution is -2.23. The quantitative estimate of drug-likeness (QED) is 0.723. The molecule has 7 heteroatoms. The van der Waals surface area contributed by atoms with E-state index in [-0.39, 0.29) is 5.91 Å². The van der Waals surface area contributed by atoms with E-state index in [0.29, 0.717) is 24.5 Å². The van der Waals surface area contributed by atoms with Crippen LogP contribution in [0, 0.1) is 27.7 Å². The molecule has 0 radical (unpaired) electrons. The standard InChI is InChI=1S/C20H24N4O3/c1-12-18(14(3)24(5)22-12)10-21-20(25)16-6-8-17(9-7-16)26-11-19-13(2)23-27-15(19)4/h6-9H,10-11H2,1-5H3,(H,21,25). The van der Waals surface area contributed by atoms with Gasteiger partial charge in [-0.2, -0.15) is 5.10 Å². The normalized spacial score (nSPS) is 10.9. The van der Waals surface area contributed by atoms with Gasteiger partial charge >= 0.3 is 0 Å². The van der Waals surface area contributed by atoms with Gasteiger partial charge in [0.05, 0.1) is 17.0 Å². The molecule has 0 spiro atoms. The summed E-state index contributed by atoms with van der Waals surface area (Å²) in [6, 6.07) is 7.07. The molecule has 1 N–H and O–H groups in total. The molecule has 1 aromatic carbocycles. The number of rotatable bonds is 6. The lowest BCUT2D eigenvalue weighted by atomic mass is 10.1. The van der Waals surface area contributed by atoms with Crippen LogP contribution in [-0.4, -0.2) is 20.8 Å². The zero-order valence-electron chi connectivity index (χ0n) is 16.3. The second-order valence-electron chi connectivity index (χ2n) is 6.57. The van der Waals surface area contributed by atoms with Crippen molar-refractivity contribution in [1.82, 2.24) is 20.3 Å². The Kier molecular flexibility index (Phi) is 5.30. The van der Waals surface area contributed by atoms with Crippen molar-refractivity contribution in [2.45, 2.75) is 40.8 Å². The molecular formula is C20H24N4O3. The van der Waals surface area contributed by atoms with Crippen LogP contribution in [0.15, 0.2) is 28.8 Å².